The molecule has 1 unspecified atom stereocenters. The van der Waals surface area contributed by atoms with Crippen molar-refractivity contribution < 1.29 is 0 Å². The van der Waals surface area contributed by atoms with Crippen molar-refractivity contribution in [2.24, 2.45) is 17.3 Å². The zero-order valence-electron chi connectivity index (χ0n) is 10.1. The molecule has 4 fully saturated rings. The fourth-order valence-electron chi connectivity index (χ4n) is 4.71. The predicted molar refractivity (Wildman–Crippen MR) is 63.8 cm³/mol. The molecule has 2 bridgehead atoms. The molecule has 4 aliphatic rings. The second-order valence-electron chi connectivity index (χ2n) is 6.26. The molecule has 1 heterocycles. The predicted octanol–water partition coefficient (Wildman–Crippen LogP) is 2.80. The van der Waals surface area contributed by atoms with Gasteiger partial charge in [-0.15, -0.1) is 0 Å². The van der Waals surface area contributed by atoms with Gasteiger partial charge in [0.05, 0.1) is 12.6 Å². The smallest absolute Gasteiger partial charge is 0.0866 e. The van der Waals surface area contributed by atoms with E-state index in [-0.39, 0.29) is 0 Å². The van der Waals surface area contributed by atoms with Gasteiger partial charge in [-0.1, -0.05) is 12.8 Å². The van der Waals surface area contributed by atoms with E-state index >= 15 is 0 Å². The van der Waals surface area contributed by atoms with E-state index in [0.717, 1.165) is 18.4 Å². The fraction of sp³-hybridized carbons (Fsp3) is 0.929. The number of likely N-dealkylation sites (tertiary alicyclic amines) is 1. The number of rotatable bonds is 1. The topological polar surface area (TPSA) is 27.0 Å². The van der Waals surface area contributed by atoms with E-state index in [9.17, 15) is 0 Å². The third-order valence-electron chi connectivity index (χ3n) is 5.39. The van der Waals surface area contributed by atoms with E-state index in [1.165, 1.54) is 51.5 Å². The molecule has 4 rings (SSSR count). The third kappa shape index (κ3) is 1.66. The highest BCUT2D eigenvalue weighted by Crippen LogP contribution is 2.56. The minimum absolute atomic E-state index is 0.621. The van der Waals surface area contributed by atoms with Crippen LogP contribution in [0.3, 0.4) is 0 Å². The molecule has 0 aromatic heterocycles. The van der Waals surface area contributed by atoms with E-state index in [4.69, 9.17) is 5.26 Å². The minimum Gasteiger partial charge on any atom is -0.290 e. The first-order chi connectivity index (χ1) is 7.82. The SMILES string of the molecule is N#CCN1CCCC2(CC3CCC2CC3)C1. The summed E-state index contributed by atoms with van der Waals surface area (Å²) < 4.78 is 0. The molecule has 88 valence electrons. The number of fused-ring (bicyclic) bond motifs is 2. The Morgan fingerprint density at radius 2 is 2.06 bits per heavy atom. The molecule has 0 aromatic carbocycles. The van der Waals surface area contributed by atoms with Gasteiger partial charge < -0.3 is 0 Å². The average Bonchev–Trinajstić information content (AvgIpc) is 2.31. The van der Waals surface area contributed by atoms with Gasteiger partial charge in [0.1, 0.15) is 0 Å². The zero-order chi connectivity index (χ0) is 11.0. The van der Waals surface area contributed by atoms with E-state index in [0.29, 0.717) is 12.0 Å². The van der Waals surface area contributed by atoms with Crippen molar-refractivity contribution in [3.05, 3.63) is 0 Å². The molecule has 1 atom stereocenters. The molecule has 0 N–H and O–H groups in total. The standard InChI is InChI=1S/C14H22N2/c15-7-9-16-8-1-6-14(11-16)10-12-2-4-13(14)5-3-12/h12-13H,1-6,8-11H2. The molecular formula is C14H22N2. The van der Waals surface area contributed by atoms with E-state index in [2.05, 4.69) is 11.0 Å². The van der Waals surface area contributed by atoms with Crippen molar-refractivity contribution in [1.82, 2.24) is 4.90 Å². The van der Waals surface area contributed by atoms with Crippen LogP contribution in [0.5, 0.6) is 0 Å². The van der Waals surface area contributed by atoms with Crippen molar-refractivity contribution in [2.75, 3.05) is 19.6 Å². The van der Waals surface area contributed by atoms with Crippen LogP contribution in [0.15, 0.2) is 0 Å². The molecule has 1 spiro atoms. The molecule has 2 nitrogen and oxygen atoms in total. The van der Waals surface area contributed by atoms with Gasteiger partial charge >= 0.3 is 0 Å². The first-order valence-electron chi connectivity index (χ1n) is 6.92. The Morgan fingerprint density at radius 3 is 2.69 bits per heavy atom. The molecule has 1 saturated heterocycles. The van der Waals surface area contributed by atoms with Gasteiger partial charge in [0.2, 0.25) is 0 Å². The monoisotopic (exact) mass is 218 g/mol. The van der Waals surface area contributed by atoms with Gasteiger partial charge in [-0.3, -0.25) is 4.90 Å². The largest absolute Gasteiger partial charge is 0.290 e. The maximum absolute atomic E-state index is 8.85. The van der Waals surface area contributed by atoms with Crippen LogP contribution in [0.1, 0.15) is 44.9 Å². The first-order valence-corrected chi connectivity index (χ1v) is 6.92. The molecule has 1 aliphatic heterocycles. The summed E-state index contributed by atoms with van der Waals surface area (Å²) in [5.74, 6) is 2.01. The number of piperidine rings is 1. The summed E-state index contributed by atoms with van der Waals surface area (Å²) in [6.45, 7) is 3.04. The van der Waals surface area contributed by atoms with Gasteiger partial charge in [-0.2, -0.15) is 5.26 Å². The highest BCUT2D eigenvalue weighted by molar-refractivity contribution is 5.01. The van der Waals surface area contributed by atoms with Gasteiger partial charge in [0.25, 0.3) is 0 Å². The fourth-order valence-corrected chi connectivity index (χ4v) is 4.71. The van der Waals surface area contributed by atoms with Crippen LogP contribution >= 0.6 is 0 Å². The second kappa shape index (κ2) is 4.04. The van der Waals surface area contributed by atoms with Crippen molar-refractivity contribution >= 4 is 0 Å². The Morgan fingerprint density at radius 1 is 1.25 bits per heavy atom. The van der Waals surface area contributed by atoms with Crippen molar-refractivity contribution in [3.63, 3.8) is 0 Å². The quantitative estimate of drug-likeness (QED) is 0.633. The summed E-state index contributed by atoms with van der Waals surface area (Å²) in [7, 11) is 0. The molecular weight excluding hydrogens is 196 g/mol. The summed E-state index contributed by atoms with van der Waals surface area (Å²) in [6.07, 6.45) is 10.2. The van der Waals surface area contributed by atoms with Crippen LogP contribution in [0.25, 0.3) is 0 Å². The Balaban J connectivity index is 1.75. The van der Waals surface area contributed by atoms with Crippen molar-refractivity contribution in [2.45, 2.75) is 44.9 Å². The average molecular weight is 218 g/mol. The Labute approximate surface area is 98.6 Å². The van der Waals surface area contributed by atoms with Crippen LogP contribution in [0.4, 0.5) is 0 Å². The number of hydrogen-bond acceptors (Lipinski definition) is 2. The second-order valence-corrected chi connectivity index (χ2v) is 6.26. The molecule has 0 amide bonds. The highest BCUT2D eigenvalue weighted by atomic mass is 15.1. The number of hydrogen-bond donors (Lipinski definition) is 0. The normalized spacial score (nSPS) is 43.4. The Kier molecular flexibility index (Phi) is 2.67. The summed E-state index contributed by atoms with van der Waals surface area (Å²) in [4.78, 5) is 2.41. The van der Waals surface area contributed by atoms with Gasteiger partial charge in [0, 0.05) is 6.54 Å². The van der Waals surface area contributed by atoms with Crippen molar-refractivity contribution in [1.29, 1.82) is 5.26 Å². The van der Waals surface area contributed by atoms with E-state index < -0.39 is 0 Å². The summed E-state index contributed by atoms with van der Waals surface area (Å²) in [5, 5.41) is 8.85. The lowest BCUT2D eigenvalue weighted by molar-refractivity contribution is -0.0508. The maximum Gasteiger partial charge on any atom is 0.0866 e. The van der Waals surface area contributed by atoms with E-state index in [1.54, 1.807) is 0 Å². The highest BCUT2D eigenvalue weighted by Gasteiger charge is 2.48. The number of nitrogens with zero attached hydrogens (tertiary/aromatic N) is 2. The molecule has 2 heteroatoms. The molecule has 0 aromatic rings. The Hall–Kier alpha value is -0.550. The van der Waals surface area contributed by atoms with Crippen LogP contribution < -0.4 is 0 Å². The zero-order valence-corrected chi connectivity index (χ0v) is 10.1. The molecule has 0 radical (unpaired) electrons. The van der Waals surface area contributed by atoms with Gasteiger partial charge in [0.15, 0.2) is 0 Å². The summed E-state index contributed by atoms with van der Waals surface area (Å²) in [5.41, 5.74) is 0.621. The lowest BCUT2D eigenvalue weighted by Gasteiger charge is -2.55. The molecule has 3 saturated carbocycles. The maximum atomic E-state index is 8.85. The van der Waals surface area contributed by atoms with E-state index in [1.807, 2.05) is 0 Å². The minimum atomic E-state index is 0.621. The molecule has 16 heavy (non-hydrogen) atoms. The van der Waals surface area contributed by atoms with Crippen LogP contribution in [-0.4, -0.2) is 24.5 Å². The van der Waals surface area contributed by atoms with Crippen LogP contribution in [-0.2, 0) is 0 Å². The van der Waals surface area contributed by atoms with Crippen LogP contribution in [0.2, 0.25) is 0 Å². The first kappa shape index (κ1) is 10.6. The van der Waals surface area contributed by atoms with Gasteiger partial charge in [-0.25, -0.2) is 0 Å². The van der Waals surface area contributed by atoms with Gasteiger partial charge in [-0.05, 0) is 55.9 Å². The summed E-state index contributed by atoms with van der Waals surface area (Å²) in [6, 6.07) is 2.33. The summed E-state index contributed by atoms with van der Waals surface area (Å²) >= 11 is 0. The number of nitriles is 1. The lowest BCUT2D eigenvalue weighted by Crippen LogP contribution is -2.52. The van der Waals surface area contributed by atoms with Crippen molar-refractivity contribution in [3.8, 4) is 6.07 Å². The third-order valence-corrected chi connectivity index (χ3v) is 5.39. The molecule has 3 aliphatic carbocycles. The Bertz CT molecular complexity index is 298. The van der Waals surface area contributed by atoms with Crippen LogP contribution in [0, 0.1) is 28.6 Å². The lowest BCUT2D eigenvalue weighted by atomic mass is 9.53.